The number of carboxylic acids is 1. The van der Waals surface area contributed by atoms with Gasteiger partial charge in [-0.25, -0.2) is 9.59 Å². The average molecular weight is 413 g/mol. The van der Waals surface area contributed by atoms with Crippen LogP contribution >= 0.6 is 0 Å². The number of esters is 1. The van der Waals surface area contributed by atoms with E-state index in [1.807, 2.05) is 60.7 Å². The zero-order valence-electron chi connectivity index (χ0n) is 16.4. The Labute approximate surface area is 179 Å². The summed E-state index contributed by atoms with van der Waals surface area (Å²) in [6.07, 6.45) is 5.77. The summed E-state index contributed by atoms with van der Waals surface area (Å²) in [7, 11) is 0. The molecule has 0 heterocycles. The van der Waals surface area contributed by atoms with Crippen molar-refractivity contribution in [2.24, 2.45) is 0 Å². The van der Waals surface area contributed by atoms with Crippen LogP contribution in [-0.4, -0.2) is 23.0 Å². The van der Waals surface area contributed by atoms with Crippen LogP contribution in [0.5, 0.6) is 5.75 Å². The van der Waals surface area contributed by atoms with Crippen molar-refractivity contribution >= 4 is 35.7 Å². The van der Waals surface area contributed by atoms with Crippen molar-refractivity contribution in [2.45, 2.75) is 0 Å². The summed E-state index contributed by atoms with van der Waals surface area (Å²) >= 11 is 0. The lowest BCUT2D eigenvalue weighted by molar-refractivity contribution is -0.128. The van der Waals surface area contributed by atoms with Crippen molar-refractivity contribution in [3.8, 4) is 5.75 Å². The number of carboxylic acid groups (broad SMARTS) is 1. The van der Waals surface area contributed by atoms with E-state index < -0.39 is 17.8 Å². The standard InChI is InChI=1S/C25H19NO5/c27-23(15-11-18-7-3-1-4-8-18)26-20-13-14-21(25(29)30)22(17-20)31-24(28)16-12-19-9-5-2-6-10-19/h1-17H,(H,26,27)(H,29,30)/b15-11+,16-12-. The van der Waals surface area contributed by atoms with Crippen molar-refractivity contribution in [1.82, 2.24) is 0 Å². The quantitative estimate of drug-likeness (QED) is 0.334. The smallest absolute Gasteiger partial charge is 0.339 e. The molecule has 0 fully saturated rings. The molecule has 0 aliphatic heterocycles. The van der Waals surface area contributed by atoms with E-state index in [4.69, 9.17) is 4.74 Å². The van der Waals surface area contributed by atoms with Gasteiger partial charge >= 0.3 is 11.9 Å². The van der Waals surface area contributed by atoms with E-state index in [9.17, 15) is 19.5 Å². The first-order chi connectivity index (χ1) is 15.0. The summed E-state index contributed by atoms with van der Waals surface area (Å²) in [4.78, 5) is 35.8. The van der Waals surface area contributed by atoms with Gasteiger partial charge in [0.1, 0.15) is 11.3 Å². The van der Waals surface area contributed by atoms with Crippen molar-refractivity contribution in [1.29, 1.82) is 0 Å². The normalized spacial score (nSPS) is 10.8. The summed E-state index contributed by atoms with van der Waals surface area (Å²) in [6, 6.07) is 22.4. The van der Waals surface area contributed by atoms with Crippen molar-refractivity contribution in [3.05, 3.63) is 108 Å². The molecule has 0 saturated carbocycles. The van der Waals surface area contributed by atoms with Gasteiger partial charge in [0, 0.05) is 23.9 Å². The number of carbonyl (C=O) groups excluding carboxylic acids is 2. The molecule has 154 valence electrons. The highest BCUT2D eigenvalue weighted by Crippen LogP contribution is 2.24. The minimum absolute atomic E-state index is 0.167. The number of hydrogen-bond acceptors (Lipinski definition) is 4. The topological polar surface area (TPSA) is 92.7 Å². The van der Waals surface area contributed by atoms with Crippen LogP contribution in [0.1, 0.15) is 21.5 Å². The molecule has 6 heteroatoms. The number of benzene rings is 3. The molecule has 0 bridgehead atoms. The van der Waals surface area contributed by atoms with Crippen LogP contribution in [0.3, 0.4) is 0 Å². The number of aromatic carboxylic acids is 1. The number of carbonyl (C=O) groups is 3. The SMILES string of the molecule is O=C(/C=C/c1ccccc1)Nc1ccc(C(=O)O)c(OC(=O)/C=C\c2ccccc2)c1. The molecule has 0 aliphatic carbocycles. The lowest BCUT2D eigenvalue weighted by Gasteiger charge is -2.09. The Morgan fingerprint density at radius 2 is 1.35 bits per heavy atom. The molecule has 0 saturated heterocycles. The van der Waals surface area contributed by atoms with Crippen molar-refractivity contribution in [2.75, 3.05) is 5.32 Å². The fraction of sp³-hybridized carbons (Fsp3) is 0. The van der Waals surface area contributed by atoms with E-state index in [-0.39, 0.29) is 11.3 Å². The summed E-state index contributed by atoms with van der Waals surface area (Å²) in [5.74, 6) is -2.57. The van der Waals surface area contributed by atoms with Gasteiger partial charge in [0.05, 0.1) is 0 Å². The van der Waals surface area contributed by atoms with Gasteiger partial charge in [-0.05, 0) is 35.4 Å². The molecule has 0 aliphatic rings. The average Bonchev–Trinajstić information content (AvgIpc) is 2.78. The number of hydrogen-bond donors (Lipinski definition) is 2. The maximum atomic E-state index is 12.2. The Kier molecular flexibility index (Phi) is 7.11. The largest absolute Gasteiger partial charge is 0.478 e. The first-order valence-electron chi connectivity index (χ1n) is 9.37. The lowest BCUT2D eigenvalue weighted by atomic mass is 10.1. The molecule has 0 atom stereocenters. The zero-order valence-corrected chi connectivity index (χ0v) is 16.4. The van der Waals surface area contributed by atoms with Gasteiger partial charge in [0.25, 0.3) is 0 Å². The van der Waals surface area contributed by atoms with Gasteiger partial charge in [-0.15, -0.1) is 0 Å². The third kappa shape index (κ3) is 6.54. The van der Waals surface area contributed by atoms with E-state index in [1.54, 1.807) is 12.2 Å². The van der Waals surface area contributed by atoms with Gasteiger partial charge in [0.15, 0.2) is 0 Å². The molecule has 2 N–H and O–H groups in total. The third-order valence-electron chi connectivity index (χ3n) is 4.13. The highest BCUT2D eigenvalue weighted by atomic mass is 16.5. The van der Waals surface area contributed by atoms with Crippen LogP contribution in [0.4, 0.5) is 5.69 Å². The zero-order chi connectivity index (χ0) is 22.1. The monoisotopic (exact) mass is 413 g/mol. The van der Waals surface area contributed by atoms with E-state index in [0.29, 0.717) is 5.69 Å². The minimum Gasteiger partial charge on any atom is -0.478 e. The van der Waals surface area contributed by atoms with Crippen LogP contribution in [0.15, 0.2) is 91.0 Å². The van der Waals surface area contributed by atoms with Crippen LogP contribution < -0.4 is 10.1 Å². The molecule has 6 nitrogen and oxygen atoms in total. The number of rotatable bonds is 7. The molecule has 0 spiro atoms. The fourth-order valence-electron chi connectivity index (χ4n) is 2.65. The van der Waals surface area contributed by atoms with Gasteiger partial charge in [0.2, 0.25) is 5.91 Å². The van der Waals surface area contributed by atoms with Gasteiger partial charge in [-0.1, -0.05) is 60.7 Å². The first-order valence-corrected chi connectivity index (χ1v) is 9.37. The molecule has 3 rings (SSSR count). The number of anilines is 1. The van der Waals surface area contributed by atoms with Crippen LogP contribution in [0.2, 0.25) is 0 Å². The summed E-state index contributed by atoms with van der Waals surface area (Å²) in [5, 5.41) is 12.0. The highest BCUT2D eigenvalue weighted by molar-refractivity contribution is 6.03. The second kappa shape index (κ2) is 10.4. The van der Waals surface area contributed by atoms with Crippen LogP contribution in [0, 0.1) is 0 Å². The maximum absolute atomic E-state index is 12.2. The second-order valence-corrected chi connectivity index (χ2v) is 6.41. The summed E-state index contributed by atoms with van der Waals surface area (Å²) in [5.41, 5.74) is 1.75. The van der Waals surface area contributed by atoms with E-state index in [1.165, 1.54) is 30.4 Å². The van der Waals surface area contributed by atoms with Crippen LogP contribution in [-0.2, 0) is 9.59 Å². The maximum Gasteiger partial charge on any atom is 0.339 e. The molecular weight excluding hydrogens is 394 g/mol. The van der Waals surface area contributed by atoms with Gasteiger partial charge in [-0.2, -0.15) is 0 Å². The molecule has 31 heavy (non-hydrogen) atoms. The fourth-order valence-corrected chi connectivity index (χ4v) is 2.65. The predicted molar refractivity (Wildman–Crippen MR) is 119 cm³/mol. The minimum atomic E-state index is -1.25. The molecule has 3 aromatic rings. The van der Waals surface area contributed by atoms with Crippen molar-refractivity contribution < 1.29 is 24.2 Å². The van der Waals surface area contributed by atoms with Gasteiger partial charge in [-0.3, -0.25) is 4.79 Å². The second-order valence-electron chi connectivity index (χ2n) is 6.41. The Bertz CT molecular complexity index is 1140. The number of nitrogens with one attached hydrogen (secondary N) is 1. The summed E-state index contributed by atoms with van der Waals surface area (Å²) < 4.78 is 5.20. The summed E-state index contributed by atoms with van der Waals surface area (Å²) in [6.45, 7) is 0. The first kappa shape index (κ1) is 21.3. The van der Waals surface area contributed by atoms with E-state index >= 15 is 0 Å². The molecule has 3 aromatic carbocycles. The molecule has 0 unspecified atom stereocenters. The Morgan fingerprint density at radius 1 is 0.774 bits per heavy atom. The Balaban J connectivity index is 1.72. The molecular formula is C25H19NO5. The highest BCUT2D eigenvalue weighted by Gasteiger charge is 2.15. The third-order valence-corrected chi connectivity index (χ3v) is 4.13. The number of amides is 1. The molecule has 0 radical (unpaired) electrons. The molecule has 1 amide bonds. The Hall–Kier alpha value is -4.45. The Morgan fingerprint density at radius 3 is 1.94 bits per heavy atom. The predicted octanol–water partition coefficient (Wildman–Crippen LogP) is 4.66. The number of ether oxygens (including phenoxy) is 1. The van der Waals surface area contributed by atoms with Gasteiger partial charge < -0.3 is 15.2 Å². The molecule has 0 aromatic heterocycles. The van der Waals surface area contributed by atoms with E-state index in [0.717, 1.165) is 11.1 Å². The van der Waals surface area contributed by atoms with E-state index in [2.05, 4.69) is 5.32 Å². The lowest BCUT2D eigenvalue weighted by Crippen LogP contribution is -2.11. The van der Waals surface area contributed by atoms with Crippen LogP contribution in [0.25, 0.3) is 12.2 Å². The van der Waals surface area contributed by atoms with Crippen molar-refractivity contribution in [3.63, 3.8) is 0 Å².